The highest BCUT2D eigenvalue weighted by Crippen LogP contribution is 2.25. The van der Waals surface area contributed by atoms with E-state index in [1.165, 1.54) is 0 Å². The summed E-state index contributed by atoms with van der Waals surface area (Å²) in [6.07, 6.45) is 1.16. The summed E-state index contributed by atoms with van der Waals surface area (Å²) in [5, 5.41) is 0.764. The number of aryl methyl sites for hydroxylation is 3. The first kappa shape index (κ1) is 15.5. The molecular formula is C16H20N2O2S. The molecule has 2 aromatic rings. The van der Waals surface area contributed by atoms with Crippen molar-refractivity contribution in [1.82, 2.24) is 4.98 Å². The van der Waals surface area contributed by atoms with Gasteiger partial charge in [-0.2, -0.15) is 0 Å². The number of aromatic nitrogens is 1. The molecule has 1 aromatic heterocycles. The summed E-state index contributed by atoms with van der Waals surface area (Å²) in [5.41, 5.74) is 2.09. The van der Waals surface area contributed by atoms with Gasteiger partial charge in [-0.25, -0.2) is 4.98 Å². The Hall–Kier alpha value is -1.88. The Morgan fingerprint density at radius 3 is 2.76 bits per heavy atom. The number of thiazole rings is 1. The summed E-state index contributed by atoms with van der Waals surface area (Å²) < 4.78 is 5.19. The van der Waals surface area contributed by atoms with Crippen LogP contribution in [-0.4, -0.2) is 25.0 Å². The van der Waals surface area contributed by atoms with E-state index in [1.54, 1.807) is 30.4 Å². The molecule has 0 atom stereocenters. The summed E-state index contributed by atoms with van der Waals surface area (Å²) in [6.45, 7) is 3.98. The Morgan fingerprint density at radius 2 is 2.14 bits per heavy atom. The Kier molecular flexibility index (Phi) is 4.96. The minimum Gasteiger partial charge on any atom is -0.497 e. The van der Waals surface area contributed by atoms with E-state index in [-0.39, 0.29) is 5.91 Å². The van der Waals surface area contributed by atoms with Gasteiger partial charge in [0.2, 0.25) is 5.91 Å². The molecule has 112 valence electrons. The van der Waals surface area contributed by atoms with Gasteiger partial charge in [-0.15, -0.1) is 11.3 Å². The van der Waals surface area contributed by atoms with Gasteiger partial charge in [0.1, 0.15) is 5.75 Å². The number of nitrogens with zero attached hydrogens (tertiary/aromatic N) is 2. The monoisotopic (exact) mass is 304 g/mol. The summed E-state index contributed by atoms with van der Waals surface area (Å²) in [4.78, 5) is 19.5. The van der Waals surface area contributed by atoms with Crippen molar-refractivity contribution in [1.29, 1.82) is 0 Å². The average Bonchev–Trinajstić information content (AvgIpc) is 2.83. The van der Waals surface area contributed by atoms with Crippen LogP contribution in [0, 0.1) is 13.8 Å². The van der Waals surface area contributed by atoms with Gasteiger partial charge in [0.25, 0.3) is 0 Å². The third-order valence-corrected chi connectivity index (χ3v) is 4.59. The molecule has 1 heterocycles. The fraction of sp³-hybridized carbons (Fsp3) is 0.375. The standard InChI is InChI=1S/C16H20N2O2S/c1-11-12(2)21-16(17-11)18(3)15(19)9-8-13-6-5-7-14(10-13)20-4/h5-7,10H,8-9H2,1-4H3. The Balaban J connectivity index is 1.97. The number of carbonyl (C=O) groups is 1. The van der Waals surface area contributed by atoms with Gasteiger partial charge < -0.3 is 4.74 Å². The van der Waals surface area contributed by atoms with Crippen LogP contribution in [0.4, 0.5) is 5.13 Å². The molecule has 0 aliphatic rings. The fourth-order valence-electron chi connectivity index (χ4n) is 1.95. The molecule has 0 aliphatic carbocycles. The van der Waals surface area contributed by atoms with E-state index >= 15 is 0 Å². The number of ether oxygens (including phenoxy) is 1. The van der Waals surface area contributed by atoms with Crippen molar-refractivity contribution in [2.45, 2.75) is 26.7 Å². The van der Waals surface area contributed by atoms with Gasteiger partial charge in [-0.05, 0) is 38.0 Å². The first-order chi connectivity index (χ1) is 10.0. The minimum atomic E-state index is 0.0755. The number of benzene rings is 1. The minimum absolute atomic E-state index is 0.0755. The van der Waals surface area contributed by atoms with Crippen LogP contribution < -0.4 is 9.64 Å². The molecule has 0 saturated heterocycles. The molecule has 0 unspecified atom stereocenters. The van der Waals surface area contributed by atoms with E-state index in [2.05, 4.69) is 4.98 Å². The lowest BCUT2D eigenvalue weighted by Crippen LogP contribution is -2.26. The lowest BCUT2D eigenvalue weighted by atomic mass is 10.1. The summed E-state index contributed by atoms with van der Waals surface area (Å²) in [5.74, 6) is 0.894. The number of hydrogen-bond acceptors (Lipinski definition) is 4. The zero-order valence-corrected chi connectivity index (χ0v) is 13.7. The maximum Gasteiger partial charge on any atom is 0.228 e. The average molecular weight is 304 g/mol. The van der Waals surface area contributed by atoms with Crippen molar-refractivity contribution in [3.8, 4) is 5.75 Å². The largest absolute Gasteiger partial charge is 0.497 e. The molecule has 0 radical (unpaired) electrons. The fourth-order valence-corrected chi connectivity index (χ4v) is 2.84. The second kappa shape index (κ2) is 6.72. The van der Waals surface area contributed by atoms with Crippen LogP contribution in [0.3, 0.4) is 0 Å². The highest BCUT2D eigenvalue weighted by molar-refractivity contribution is 7.15. The molecule has 5 heteroatoms. The second-order valence-corrected chi connectivity index (χ2v) is 6.12. The normalized spacial score (nSPS) is 10.5. The predicted octanol–water partition coefficient (Wildman–Crippen LogP) is 3.36. The van der Waals surface area contributed by atoms with Crippen LogP contribution >= 0.6 is 11.3 Å². The van der Waals surface area contributed by atoms with Crippen LogP contribution in [0.5, 0.6) is 5.75 Å². The lowest BCUT2D eigenvalue weighted by Gasteiger charge is -2.13. The number of anilines is 1. The number of rotatable bonds is 5. The zero-order valence-electron chi connectivity index (χ0n) is 12.8. The van der Waals surface area contributed by atoms with Gasteiger partial charge in [0, 0.05) is 18.3 Å². The quantitative estimate of drug-likeness (QED) is 0.850. The third-order valence-electron chi connectivity index (χ3n) is 3.44. The molecular weight excluding hydrogens is 284 g/mol. The van der Waals surface area contributed by atoms with Crippen molar-refractivity contribution in [3.05, 3.63) is 40.4 Å². The zero-order chi connectivity index (χ0) is 15.4. The van der Waals surface area contributed by atoms with E-state index in [0.717, 1.165) is 27.0 Å². The molecule has 0 spiro atoms. The molecule has 2 rings (SSSR count). The van der Waals surface area contributed by atoms with Crippen LogP contribution in [0.15, 0.2) is 24.3 Å². The van der Waals surface area contributed by atoms with Crippen LogP contribution in [-0.2, 0) is 11.2 Å². The molecule has 0 N–H and O–H groups in total. The Bertz CT molecular complexity index is 617. The maximum atomic E-state index is 12.3. The van der Waals surface area contributed by atoms with Gasteiger partial charge in [-0.1, -0.05) is 12.1 Å². The number of hydrogen-bond donors (Lipinski definition) is 0. The van der Waals surface area contributed by atoms with Gasteiger partial charge in [0.05, 0.1) is 12.8 Å². The highest BCUT2D eigenvalue weighted by Gasteiger charge is 2.15. The van der Waals surface area contributed by atoms with Crippen molar-refractivity contribution < 1.29 is 9.53 Å². The molecule has 0 aliphatic heterocycles. The van der Waals surface area contributed by atoms with Gasteiger partial charge in [0.15, 0.2) is 5.13 Å². The first-order valence-corrected chi connectivity index (χ1v) is 7.66. The van der Waals surface area contributed by atoms with E-state index in [4.69, 9.17) is 4.74 Å². The molecule has 1 amide bonds. The predicted molar refractivity (Wildman–Crippen MR) is 86.3 cm³/mol. The number of carbonyl (C=O) groups excluding carboxylic acids is 1. The third kappa shape index (κ3) is 3.82. The van der Waals surface area contributed by atoms with E-state index in [1.807, 2.05) is 38.1 Å². The molecule has 1 aromatic carbocycles. The van der Waals surface area contributed by atoms with E-state index < -0.39 is 0 Å². The van der Waals surface area contributed by atoms with Crippen molar-refractivity contribution in [3.63, 3.8) is 0 Å². The van der Waals surface area contributed by atoms with Crippen molar-refractivity contribution in [2.24, 2.45) is 0 Å². The van der Waals surface area contributed by atoms with Crippen LogP contribution in [0.25, 0.3) is 0 Å². The van der Waals surface area contributed by atoms with E-state index in [9.17, 15) is 4.79 Å². The molecule has 0 fully saturated rings. The second-order valence-electron chi connectivity index (χ2n) is 4.94. The van der Waals surface area contributed by atoms with Crippen LogP contribution in [0.2, 0.25) is 0 Å². The molecule has 0 saturated carbocycles. The Morgan fingerprint density at radius 1 is 1.38 bits per heavy atom. The Labute approximate surface area is 129 Å². The SMILES string of the molecule is COc1cccc(CCC(=O)N(C)c2nc(C)c(C)s2)c1. The highest BCUT2D eigenvalue weighted by atomic mass is 32.1. The summed E-state index contributed by atoms with van der Waals surface area (Å²) in [7, 11) is 3.43. The lowest BCUT2D eigenvalue weighted by molar-refractivity contribution is -0.118. The molecule has 0 bridgehead atoms. The van der Waals surface area contributed by atoms with E-state index in [0.29, 0.717) is 12.8 Å². The smallest absolute Gasteiger partial charge is 0.228 e. The van der Waals surface area contributed by atoms with Crippen LogP contribution in [0.1, 0.15) is 22.6 Å². The summed E-state index contributed by atoms with van der Waals surface area (Å²) in [6, 6.07) is 7.81. The number of amides is 1. The molecule has 4 nitrogen and oxygen atoms in total. The van der Waals surface area contributed by atoms with Gasteiger partial charge in [-0.3, -0.25) is 9.69 Å². The maximum absolute atomic E-state index is 12.3. The van der Waals surface area contributed by atoms with Gasteiger partial charge >= 0.3 is 0 Å². The first-order valence-electron chi connectivity index (χ1n) is 6.84. The number of methoxy groups -OCH3 is 1. The topological polar surface area (TPSA) is 42.4 Å². The molecule has 21 heavy (non-hydrogen) atoms. The van der Waals surface area contributed by atoms with Crippen molar-refractivity contribution in [2.75, 3.05) is 19.1 Å². The summed E-state index contributed by atoms with van der Waals surface area (Å²) >= 11 is 1.55. The van der Waals surface area contributed by atoms with Crippen molar-refractivity contribution >= 4 is 22.4 Å².